The number of fused-ring (bicyclic) bond motifs is 3. The van der Waals surface area contributed by atoms with Crippen molar-refractivity contribution in [3.63, 3.8) is 0 Å². The largest absolute Gasteiger partial charge is 0.381 e. The molecule has 0 saturated carbocycles. The molecule has 1 unspecified atom stereocenters. The Hall–Kier alpha value is -2.18. The Kier molecular flexibility index (Phi) is 4.56. The minimum absolute atomic E-state index is 0.0537. The highest BCUT2D eigenvalue weighted by Gasteiger charge is 2.40. The molecule has 27 heavy (non-hydrogen) atoms. The van der Waals surface area contributed by atoms with Gasteiger partial charge in [0.15, 0.2) is 0 Å². The molecule has 2 aliphatic rings. The van der Waals surface area contributed by atoms with Gasteiger partial charge in [-0.05, 0) is 11.5 Å². The molecule has 144 valence electrons. The van der Waals surface area contributed by atoms with E-state index in [1.807, 2.05) is 30.3 Å². The van der Waals surface area contributed by atoms with E-state index in [0.717, 1.165) is 42.9 Å². The number of benzene rings is 1. The van der Waals surface area contributed by atoms with Crippen molar-refractivity contribution in [3.8, 4) is 0 Å². The number of hydrogen-bond acceptors (Lipinski definition) is 4. The fourth-order valence-corrected chi connectivity index (χ4v) is 4.38. The van der Waals surface area contributed by atoms with E-state index in [0.29, 0.717) is 18.2 Å². The maximum atomic E-state index is 13.2. The minimum Gasteiger partial charge on any atom is -0.381 e. The molecule has 0 aliphatic carbocycles. The Morgan fingerprint density at radius 1 is 1.22 bits per heavy atom. The van der Waals surface area contributed by atoms with Crippen molar-refractivity contribution in [2.75, 3.05) is 26.7 Å². The van der Waals surface area contributed by atoms with Crippen molar-refractivity contribution in [2.45, 2.75) is 39.0 Å². The summed E-state index contributed by atoms with van der Waals surface area (Å²) in [5.74, 6) is 0.532. The van der Waals surface area contributed by atoms with E-state index in [2.05, 4.69) is 18.7 Å². The first-order valence-corrected chi connectivity index (χ1v) is 9.71. The molecule has 0 spiro atoms. The molecule has 0 fully saturated rings. The third-order valence-electron chi connectivity index (χ3n) is 5.57. The average Bonchev–Trinajstić information content (AvgIpc) is 2.93. The highest BCUT2D eigenvalue weighted by Crippen LogP contribution is 2.32. The zero-order valence-electron chi connectivity index (χ0n) is 16.4. The predicted molar refractivity (Wildman–Crippen MR) is 103 cm³/mol. The van der Waals surface area contributed by atoms with Crippen LogP contribution in [0.5, 0.6) is 0 Å². The van der Waals surface area contributed by atoms with Crippen LogP contribution >= 0.6 is 0 Å². The van der Waals surface area contributed by atoms with Crippen molar-refractivity contribution in [1.29, 1.82) is 0 Å². The van der Waals surface area contributed by atoms with E-state index in [4.69, 9.17) is 5.10 Å². The van der Waals surface area contributed by atoms with Gasteiger partial charge in [-0.15, -0.1) is 0 Å². The topological polar surface area (TPSA) is 61.6 Å². The molecule has 1 amide bonds. The van der Waals surface area contributed by atoms with Gasteiger partial charge < -0.3 is 10.0 Å². The molecule has 6 nitrogen and oxygen atoms in total. The average molecular weight is 368 g/mol. The van der Waals surface area contributed by atoms with E-state index in [1.165, 1.54) is 0 Å². The highest BCUT2D eigenvalue weighted by molar-refractivity contribution is 5.94. The van der Waals surface area contributed by atoms with E-state index >= 15 is 0 Å². The number of hydrogen-bond donors (Lipinski definition) is 1. The summed E-state index contributed by atoms with van der Waals surface area (Å²) in [6.45, 7) is 7.71. The number of carbonyl (C=O) groups excluding carboxylic acids is 1. The summed E-state index contributed by atoms with van der Waals surface area (Å²) >= 11 is 0. The second-order valence-electron chi connectivity index (χ2n) is 8.37. The molecule has 6 heteroatoms. The first kappa shape index (κ1) is 18.2. The fraction of sp³-hybridized carbons (Fsp3) is 0.524. The summed E-state index contributed by atoms with van der Waals surface area (Å²) in [6, 6.07) is 9.59. The van der Waals surface area contributed by atoms with Crippen LogP contribution in [0.4, 0.5) is 0 Å². The summed E-state index contributed by atoms with van der Waals surface area (Å²) in [5.41, 5.74) is 2.35. The second kappa shape index (κ2) is 6.77. The van der Waals surface area contributed by atoms with Crippen molar-refractivity contribution in [2.24, 2.45) is 5.92 Å². The lowest BCUT2D eigenvalue weighted by molar-refractivity contribution is -0.00313. The predicted octanol–water partition coefficient (Wildman–Crippen LogP) is 1.87. The van der Waals surface area contributed by atoms with E-state index in [9.17, 15) is 9.90 Å². The van der Waals surface area contributed by atoms with Gasteiger partial charge in [0.1, 0.15) is 11.3 Å². The number of β-amino-alcohol motifs (C(OH)–C–C–N with tert-alkyl or cyclic N) is 1. The Morgan fingerprint density at radius 3 is 2.67 bits per heavy atom. The van der Waals surface area contributed by atoms with Gasteiger partial charge in [0.2, 0.25) is 0 Å². The van der Waals surface area contributed by atoms with Crippen LogP contribution in [0.3, 0.4) is 0 Å². The first-order chi connectivity index (χ1) is 12.9. The number of aromatic nitrogens is 2. The normalized spacial score (nSPS) is 23.3. The van der Waals surface area contributed by atoms with Gasteiger partial charge in [0.25, 0.3) is 5.91 Å². The lowest BCUT2D eigenvalue weighted by Crippen LogP contribution is -2.41. The number of likely N-dealkylation sites (N-methyl/N-ethyl adjacent to an activating group) is 1. The second-order valence-corrected chi connectivity index (χ2v) is 8.37. The molecular weight excluding hydrogens is 340 g/mol. The zero-order chi connectivity index (χ0) is 19.2. The fourth-order valence-electron chi connectivity index (χ4n) is 4.38. The quantitative estimate of drug-likeness (QED) is 0.899. The van der Waals surface area contributed by atoms with Crippen LogP contribution in [-0.2, 0) is 25.1 Å². The van der Waals surface area contributed by atoms with Crippen molar-refractivity contribution < 1.29 is 9.90 Å². The van der Waals surface area contributed by atoms with Crippen LogP contribution < -0.4 is 0 Å². The highest BCUT2D eigenvalue weighted by atomic mass is 16.3. The van der Waals surface area contributed by atoms with Gasteiger partial charge in [-0.2, -0.15) is 5.10 Å². The van der Waals surface area contributed by atoms with Gasteiger partial charge in [0, 0.05) is 38.7 Å². The number of carbonyl (C=O) groups is 1. The van der Waals surface area contributed by atoms with Crippen LogP contribution in [-0.4, -0.2) is 57.3 Å². The molecular formula is C21H28N4O2. The number of aliphatic hydroxyl groups is 1. The number of nitrogens with zero attached hydrogens (tertiary/aromatic N) is 4. The molecule has 3 heterocycles. The van der Waals surface area contributed by atoms with Gasteiger partial charge >= 0.3 is 0 Å². The lowest BCUT2D eigenvalue weighted by atomic mass is 9.93. The van der Waals surface area contributed by atoms with E-state index in [-0.39, 0.29) is 12.5 Å². The smallest absolute Gasteiger partial charge is 0.272 e. The van der Waals surface area contributed by atoms with Gasteiger partial charge in [-0.25, -0.2) is 0 Å². The van der Waals surface area contributed by atoms with E-state index in [1.54, 1.807) is 16.6 Å². The number of amides is 1. The van der Waals surface area contributed by atoms with Crippen LogP contribution in [0.1, 0.15) is 41.2 Å². The maximum Gasteiger partial charge on any atom is 0.272 e. The number of rotatable bonds is 3. The summed E-state index contributed by atoms with van der Waals surface area (Å²) in [4.78, 5) is 17.2. The van der Waals surface area contributed by atoms with Crippen molar-refractivity contribution >= 4 is 5.91 Å². The van der Waals surface area contributed by atoms with Crippen LogP contribution in [0.2, 0.25) is 0 Å². The molecule has 4 rings (SSSR count). The molecule has 1 atom stereocenters. The standard InChI is InChI=1S/C21H28N4O2/c1-15(2)11-24-10-9-18-17(12-24)19-20(26)23(3)13-21(27,14-25(19)22-18)16-7-5-4-6-8-16/h4-8,15,27H,9-14H2,1-3H3. The summed E-state index contributed by atoms with van der Waals surface area (Å²) in [5, 5.41) is 16.2. The van der Waals surface area contributed by atoms with Crippen LogP contribution in [0.25, 0.3) is 0 Å². The summed E-state index contributed by atoms with van der Waals surface area (Å²) in [7, 11) is 1.76. The third kappa shape index (κ3) is 3.28. The Bertz CT molecular complexity index is 845. The monoisotopic (exact) mass is 368 g/mol. The maximum absolute atomic E-state index is 13.2. The van der Waals surface area contributed by atoms with E-state index < -0.39 is 5.60 Å². The zero-order valence-corrected chi connectivity index (χ0v) is 16.4. The Labute approximate surface area is 160 Å². The molecule has 0 bridgehead atoms. The Morgan fingerprint density at radius 2 is 1.96 bits per heavy atom. The third-order valence-corrected chi connectivity index (χ3v) is 5.57. The molecule has 0 saturated heterocycles. The first-order valence-electron chi connectivity index (χ1n) is 9.71. The van der Waals surface area contributed by atoms with Crippen molar-refractivity contribution in [1.82, 2.24) is 19.6 Å². The lowest BCUT2D eigenvalue weighted by Gasteiger charge is -2.30. The molecule has 0 radical (unpaired) electrons. The molecule has 1 aromatic heterocycles. The van der Waals surface area contributed by atoms with Gasteiger partial charge in [-0.3, -0.25) is 14.4 Å². The molecule has 2 aliphatic heterocycles. The molecule has 2 aromatic rings. The molecule has 1 N–H and O–H groups in total. The van der Waals surface area contributed by atoms with Gasteiger partial charge in [-0.1, -0.05) is 44.2 Å². The molecule has 1 aromatic carbocycles. The minimum atomic E-state index is -1.15. The summed E-state index contributed by atoms with van der Waals surface area (Å²) < 4.78 is 1.75. The SMILES string of the molecule is CC(C)CN1CCc2nn3c(c2C1)C(=O)N(C)CC(O)(c1ccccc1)C3. The van der Waals surface area contributed by atoms with Crippen LogP contribution in [0.15, 0.2) is 30.3 Å². The van der Waals surface area contributed by atoms with Crippen LogP contribution in [0, 0.1) is 5.92 Å². The van der Waals surface area contributed by atoms with Crippen molar-refractivity contribution in [3.05, 3.63) is 52.8 Å². The Balaban J connectivity index is 1.74. The van der Waals surface area contributed by atoms with Gasteiger partial charge in [0.05, 0.1) is 18.8 Å². The summed E-state index contributed by atoms with van der Waals surface area (Å²) in [6.07, 6.45) is 0.850.